The molecule has 0 saturated carbocycles. The van der Waals surface area contributed by atoms with Gasteiger partial charge in [0.1, 0.15) is 17.2 Å². The number of aromatic nitrogens is 2. The summed E-state index contributed by atoms with van der Waals surface area (Å²) in [4.78, 5) is 13.5. The van der Waals surface area contributed by atoms with Crippen molar-refractivity contribution in [2.45, 2.75) is 33.1 Å². The van der Waals surface area contributed by atoms with Gasteiger partial charge in [-0.1, -0.05) is 42.5 Å². The average molecular weight is 486 g/mol. The number of nitrogens with zero attached hydrogens (tertiary/aromatic N) is 2. The Morgan fingerprint density at radius 1 is 0.944 bits per heavy atom. The van der Waals surface area contributed by atoms with Crippen molar-refractivity contribution in [3.8, 4) is 28.4 Å². The van der Waals surface area contributed by atoms with E-state index in [-0.39, 0.29) is 12.0 Å². The summed E-state index contributed by atoms with van der Waals surface area (Å²) in [6.45, 7) is 4.86. The molecule has 0 fully saturated rings. The van der Waals surface area contributed by atoms with Crippen molar-refractivity contribution < 1.29 is 19.0 Å². The van der Waals surface area contributed by atoms with Gasteiger partial charge in [0.15, 0.2) is 0 Å². The third kappa shape index (κ3) is 5.75. The quantitative estimate of drug-likeness (QED) is 0.325. The van der Waals surface area contributed by atoms with Crippen LogP contribution in [0.4, 0.5) is 0 Å². The number of hydrogen-bond acceptors (Lipinski definition) is 5. The molecule has 0 atom stereocenters. The van der Waals surface area contributed by atoms with Crippen LogP contribution in [0.15, 0.2) is 79.0 Å². The lowest BCUT2D eigenvalue weighted by molar-refractivity contribution is 0.0651. The number of amides is 1. The predicted molar refractivity (Wildman–Crippen MR) is 140 cm³/mol. The van der Waals surface area contributed by atoms with Crippen molar-refractivity contribution in [3.05, 3.63) is 95.7 Å². The van der Waals surface area contributed by atoms with Gasteiger partial charge in [-0.15, -0.1) is 0 Å². The van der Waals surface area contributed by atoms with Crippen LogP contribution in [-0.2, 0) is 17.9 Å². The number of carbonyl (C=O) groups is 1. The van der Waals surface area contributed by atoms with Gasteiger partial charge >= 0.3 is 0 Å². The standard InChI is InChI=1S/C29H31N3O4/c1-20(2)36-19-22-11-9-8-10-21(22)17-30-29(33)26-18-32(23-12-6-5-7-13-23)31-28(26)25-15-14-24(34-3)16-27(25)35-4/h5-16,18,20H,17,19H2,1-4H3,(H,30,33). The summed E-state index contributed by atoms with van der Waals surface area (Å²) in [6.07, 6.45) is 1.87. The van der Waals surface area contributed by atoms with Crippen molar-refractivity contribution in [1.82, 2.24) is 15.1 Å². The van der Waals surface area contributed by atoms with E-state index in [1.54, 1.807) is 31.2 Å². The monoisotopic (exact) mass is 485 g/mol. The lowest BCUT2D eigenvalue weighted by atomic mass is 10.1. The molecule has 0 saturated heterocycles. The Labute approximate surface area is 211 Å². The maximum absolute atomic E-state index is 13.5. The van der Waals surface area contributed by atoms with Crippen LogP contribution in [0, 0.1) is 0 Å². The second-order valence-electron chi connectivity index (χ2n) is 8.55. The molecule has 1 aromatic heterocycles. The fourth-order valence-corrected chi connectivity index (χ4v) is 3.84. The summed E-state index contributed by atoms with van der Waals surface area (Å²) in [6, 6.07) is 23.1. The van der Waals surface area contributed by atoms with Gasteiger partial charge in [-0.2, -0.15) is 5.10 Å². The van der Waals surface area contributed by atoms with Crippen LogP contribution in [0.3, 0.4) is 0 Å². The van der Waals surface area contributed by atoms with E-state index >= 15 is 0 Å². The first kappa shape index (κ1) is 25.0. The van der Waals surface area contributed by atoms with Crippen molar-refractivity contribution in [2.24, 2.45) is 0 Å². The van der Waals surface area contributed by atoms with E-state index in [1.807, 2.05) is 80.6 Å². The van der Waals surface area contributed by atoms with Gasteiger partial charge < -0.3 is 19.5 Å². The maximum Gasteiger partial charge on any atom is 0.255 e. The van der Waals surface area contributed by atoms with Crippen LogP contribution >= 0.6 is 0 Å². The third-order valence-corrected chi connectivity index (χ3v) is 5.77. The second kappa shape index (κ2) is 11.6. The minimum atomic E-state index is -0.232. The summed E-state index contributed by atoms with van der Waals surface area (Å²) < 4.78 is 18.4. The van der Waals surface area contributed by atoms with E-state index in [0.29, 0.717) is 41.5 Å². The van der Waals surface area contributed by atoms with Crippen molar-refractivity contribution in [3.63, 3.8) is 0 Å². The van der Waals surface area contributed by atoms with Gasteiger partial charge in [0, 0.05) is 24.4 Å². The van der Waals surface area contributed by atoms with Crippen LogP contribution in [0.25, 0.3) is 16.9 Å². The molecule has 36 heavy (non-hydrogen) atoms. The largest absolute Gasteiger partial charge is 0.497 e. The fraction of sp³-hybridized carbons (Fsp3) is 0.241. The first-order valence-corrected chi connectivity index (χ1v) is 11.8. The first-order valence-electron chi connectivity index (χ1n) is 11.8. The van der Waals surface area contributed by atoms with E-state index < -0.39 is 0 Å². The van der Waals surface area contributed by atoms with Gasteiger partial charge in [-0.3, -0.25) is 4.79 Å². The minimum absolute atomic E-state index is 0.124. The Bertz CT molecular complexity index is 1320. The Balaban J connectivity index is 1.67. The molecule has 1 heterocycles. The zero-order valence-electron chi connectivity index (χ0n) is 21.0. The number of nitrogens with one attached hydrogen (secondary N) is 1. The molecule has 0 radical (unpaired) electrons. The number of carbonyl (C=O) groups excluding carboxylic acids is 1. The van der Waals surface area contributed by atoms with Gasteiger partial charge in [-0.25, -0.2) is 4.68 Å². The number of para-hydroxylation sites is 1. The molecule has 7 nitrogen and oxygen atoms in total. The highest BCUT2D eigenvalue weighted by molar-refractivity contribution is 6.00. The lowest BCUT2D eigenvalue weighted by Gasteiger charge is -2.13. The molecule has 0 unspecified atom stereocenters. The Morgan fingerprint density at radius 3 is 2.36 bits per heavy atom. The molecule has 1 amide bonds. The van der Waals surface area contributed by atoms with Crippen molar-refractivity contribution >= 4 is 5.91 Å². The minimum Gasteiger partial charge on any atom is -0.497 e. The van der Waals surface area contributed by atoms with Crippen LogP contribution in [0.5, 0.6) is 11.5 Å². The Hall–Kier alpha value is -4.10. The number of ether oxygens (including phenoxy) is 3. The fourth-order valence-electron chi connectivity index (χ4n) is 3.84. The summed E-state index contributed by atoms with van der Waals surface area (Å²) in [5.74, 6) is 0.992. The molecule has 0 spiro atoms. The lowest BCUT2D eigenvalue weighted by Crippen LogP contribution is -2.24. The molecular formula is C29H31N3O4. The summed E-state index contributed by atoms with van der Waals surface area (Å²) >= 11 is 0. The Morgan fingerprint density at radius 2 is 1.67 bits per heavy atom. The van der Waals surface area contributed by atoms with Crippen LogP contribution in [-0.4, -0.2) is 36.0 Å². The van der Waals surface area contributed by atoms with Gasteiger partial charge in [0.2, 0.25) is 0 Å². The van der Waals surface area contributed by atoms with Crippen LogP contribution < -0.4 is 14.8 Å². The SMILES string of the molecule is COc1ccc(-c2nn(-c3ccccc3)cc2C(=O)NCc2ccccc2COC(C)C)c(OC)c1. The van der Waals surface area contributed by atoms with E-state index in [9.17, 15) is 4.79 Å². The predicted octanol–water partition coefficient (Wildman–Crippen LogP) is 5.41. The topological polar surface area (TPSA) is 74.6 Å². The molecular weight excluding hydrogens is 454 g/mol. The van der Waals surface area contributed by atoms with E-state index in [4.69, 9.17) is 19.3 Å². The number of methoxy groups -OCH3 is 2. The average Bonchev–Trinajstić information content (AvgIpc) is 3.36. The number of rotatable bonds is 10. The molecule has 1 N–H and O–H groups in total. The molecule has 7 heteroatoms. The smallest absolute Gasteiger partial charge is 0.255 e. The molecule has 0 aliphatic heterocycles. The second-order valence-corrected chi connectivity index (χ2v) is 8.55. The summed E-state index contributed by atoms with van der Waals surface area (Å²) in [5, 5.41) is 7.84. The molecule has 0 bridgehead atoms. The zero-order valence-corrected chi connectivity index (χ0v) is 21.0. The van der Waals surface area contributed by atoms with Gasteiger partial charge in [0.05, 0.1) is 38.2 Å². The van der Waals surface area contributed by atoms with E-state index in [2.05, 4.69) is 5.32 Å². The molecule has 4 aromatic rings. The van der Waals surface area contributed by atoms with E-state index in [0.717, 1.165) is 16.8 Å². The van der Waals surface area contributed by atoms with Gasteiger partial charge in [0.25, 0.3) is 5.91 Å². The highest BCUT2D eigenvalue weighted by Crippen LogP contribution is 2.35. The highest BCUT2D eigenvalue weighted by atomic mass is 16.5. The molecule has 0 aliphatic rings. The number of hydrogen-bond donors (Lipinski definition) is 1. The molecule has 4 rings (SSSR count). The van der Waals surface area contributed by atoms with Crippen molar-refractivity contribution in [2.75, 3.05) is 14.2 Å². The van der Waals surface area contributed by atoms with Crippen LogP contribution in [0.2, 0.25) is 0 Å². The van der Waals surface area contributed by atoms with Crippen molar-refractivity contribution in [1.29, 1.82) is 0 Å². The van der Waals surface area contributed by atoms with Crippen LogP contribution in [0.1, 0.15) is 35.3 Å². The molecule has 0 aliphatic carbocycles. The summed E-state index contributed by atoms with van der Waals surface area (Å²) in [5.41, 5.74) is 4.56. The number of benzene rings is 3. The summed E-state index contributed by atoms with van der Waals surface area (Å²) in [7, 11) is 3.18. The van der Waals surface area contributed by atoms with E-state index in [1.165, 1.54) is 0 Å². The molecule has 3 aromatic carbocycles. The normalized spacial score (nSPS) is 10.9. The zero-order chi connectivity index (χ0) is 25.5. The Kier molecular flexibility index (Phi) is 8.02. The van der Waals surface area contributed by atoms with Gasteiger partial charge in [-0.05, 0) is 49.2 Å². The molecule has 186 valence electrons. The first-order chi connectivity index (χ1) is 17.5. The third-order valence-electron chi connectivity index (χ3n) is 5.77. The maximum atomic E-state index is 13.5. The highest BCUT2D eigenvalue weighted by Gasteiger charge is 2.22.